The number of hydrogen-bond donors (Lipinski definition) is 0. The zero-order valence-corrected chi connectivity index (χ0v) is 19.0. The topological polar surface area (TPSA) is 129 Å². The third kappa shape index (κ3) is 4.31. The molecule has 0 bridgehead atoms. The fourth-order valence-electron chi connectivity index (χ4n) is 3.64. The third-order valence-corrected chi connectivity index (χ3v) is 6.25. The lowest BCUT2D eigenvalue weighted by molar-refractivity contribution is 0.0547. The van der Waals surface area contributed by atoms with Crippen molar-refractivity contribution >= 4 is 21.7 Å². The molecule has 2 heterocycles. The molecule has 3 aromatic rings. The first-order valence-corrected chi connectivity index (χ1v) is 12.0. The fraction of sp³-hybridized carbons (Fsp3) is 0.273. The van der Waals surface area contributed by atoms with Crippen LogP contribution < -0.4 is 9.47 Å². The molecule has 1 aliphatic heterocycles. The van der Waals surface area contributed by atoms with Gasteiger partial charge in [-0.2, -0.15) is 4.98 Å². The molecule has 2 amide bonds. The van der Waals surface area contributed by atoms with Crippen molar-refractivity contribution in [2.75, 3.05) is 26.2 Å². The molecule has 0 N–H and O–H groups in total. The molecule has 0 saturated heterocycles. The molecule has 10 nitrogen and oxygen atoms in total. The van der Waals surface area contributed by atoms with Crippen LogP contribution in [0.4, 0.5) is 0 Å². The van der Waals surface area contributed by atoms with Crippen molar-refractivity contribution in [3.63, 3.8) is 0 Å². The molecule has 1 aromatic heterocycles. The van der Waals surface area contributed by atoms with Gasteiger partial charge in [0.2, 0.25) is 11.7 Å². The van der Waals surface area contributed by atoms with Gasteiger partial charge in [0, 0.05) is 11.8 Å². The Morgan fingerprint density at radius 3 is 2.21 bits per heavy atom. The standard InChI is InChI=1S/C22H21N3O7S/c1-30-17-9-8-13(12-18(17)31-2)19-23-20(32-24-19)16(10-11-33(3,28)29)25-21(26)14-6-4-5-7-15(14)22(25)27/h4-9,12,16H,10-11H2,1-3H3/t16-/m0/s1. The van der Waals surface area contributed by atoms with Crippen LogP contribution in [0, 0.1) is 0 Å². The Hall–Kier alpha value is -3.73. The lowest BCUT2D eigenvalue weighted by Gasteiger charge is -2.22. The zero-order valence-electron chi connectivity index (χ0n) is 18.1. The van der Waals surface area contributed by atoms with Crippen molar-refractivity contribution in [3.05, 3.63) is 59.5 Å². The number of aromatic nitrogens is 2. The normalized spacial score (nSPS) is 14.3. The van der Waals surface area contributed by atoms with Gasteiger partial charge in [-0.15, -0.1) is 0 Å². The largest absolute Gasteiger partial charge is 0.493 e. The summed E-state index contributed by atoms with van der Waals surface area (Å²) in [5.74, 6) is -0.249. The molecule has 172 valence electrons. The highest BCUT2D eigenvalue weighted by atomic mass is 32.2. The van der Waals surface area contributed by atoms with Crippen molar-refractivity contribution in [1.82, 2.24) is 15.0 Å². The number of carbonyl (C=O) groups excluding carboxylic acids is 2. The molecule has 33 heavy (non-hydrogen) atoms. The Bertz CT molecular complexity index is 1300. The predicted octanol–water partition coefficient (Wildman–Crippen LogP) is 2.53. The van der Waals surface area contributed by atoms with Crippen molar-refractivity contribution in [2.45, 2.75) is 12.5 Å². The van der Waals surface area contributed by atoms with Crippen molar-refractivity contribution < 1.29 is 32.0 Å². The van der Waals surface area contributed by atoms with E-state index >= 15 is 0 Å². The van der Waals surface area contributed by atoms with Gasteiger partial charge in [-0.1, -0.05) is 17.3 Å². The first-order chi connectivity index (χ1) is 15.7. The summed E-state index contributed by atoms with van der Waals surface area (Å²) in [6, 6.07) is 10.4. The molecule has 0 radical (unpaired) electrons. The number of amides is 2. The number of rotatable bonds is 8. The van der Waals surface area contributed by atoms with E-state index in [1.54, 1.807) is 42.5 Å². The molecule has 0 fully saturated rings. The molecule has 4 rings (SSSR count). The summed E-state index contributed by atoms with van der Waals surface area (Å²) in [6.07, 6.45) is 0.993. The third-order valence-electron chi connectivity index (χ3n) is 5.27. The molecule has 1 aliphatic rings. The second kappa shape index (κ2) is 8.66. The Labute approximate surface area is 190 Å². The van der Waals surface area contributed by atoms with Crippen LogP contribution in [0.15, 0.2) is 47.0 Å². The minimum atomic E-state index is -3.39. The Kier molecular flexibility index (Phi) is 5.90. The van der Waals surface area contributed by atoms with E-state index < -0.39 is 27.7 Å². The number of fused-ring (bicyclic) bond motifs is 1. The number of imide groups is 1. The van der Waals surface area contributed by atoms with Crippen LogP contribution in [-0.2, 0) is 9.84 Å². The SMILES string of the molecule is COc1ccc(-c2noc([C@H](CCS(C)(=O)=O)N3C(=O)c4ccccc4C3=O)n2)cc1OC. The van der Waals surface area contributed by atoms with Gasteiger partial charge in [-0.05, 0) is 36.8 Å². The van der Waals surface area contributed by atoms with E-state index in [0.29, 0.717) is 17.1 Å². The van der Waals surface area contributed by atoms with E-state index in [1.165, 1.54) is 14.2 Å². The van der Waals surface area contributed by atoms with E-state index in [2.05, 4.69) is 10.1 Å². The van der Waals surface area contributed by atoms with Gasteiger partial charge in [0.1, 0.15) is 15.9 Å². The predicted molar refractivity (Wildman–Crippen MR) is 117 cm³/mol. The first kappa shape index (κ1) is 22.5. The average molecular weight is 471 g/mol. The van der Waals surface area contributed by atoms with E-state index in [0.717, 1.165) is 11.2 Å². The van der Waals surface area contributed by atoms with Gasteiger partial charge in [0.25, 0.3) is 11.8 Å². The monoisotopic (exact) mass is 471 g/mol. The van der Waals surface area contributed by atoms with Crippen LogP contribution in [0.25, 0.3) is 11.4 Å². The van der Waals surface area contributed by atoms with Crippen LogP contribution in [0.1, 0.15) is 39.1 Å². The minimum absolute atomic E-state index is 0.0436. The van der Waals surface area contributed by atoms with Crippen molar-refractivity contribution in [3.8, 4) is 22.9 Å². The highest BCUT2D eigenvalue weighted by Gasteiger charge is 2.42. The second-order valence-corrected chi connectivity index (χ2v) is 9.75. The summed E-state index contributed by atoms with van der Waals surface area (Å²) in [5.41, 5.74) is 1.03. The number of ether oxygens (including phenoxy) is 2. The summed E-state index contributed by atoms with van der Waals surface area (Å²) in [6.45, 7) is 0. The number of methoxy groups -OCH3 is 2. The molecule has 0 unspecified atom stereocenters. The maximum Gasteiger partial charge on any atom is 0.262 e. The maximum absolute atomic E-state index is 13.0. The molecule has 0 aliphatic carbocycles. The number of hydrogen-bond acceptors (Lipinski definition) is 9. The number of nitrogens with zero attached hydrogens (tertiary/aromatic N) is 3. The van der Waals surface area contributed by atoms with Gasteiger partial charge in [0.15, 0.2) is 11.5 Å². The van der Waals surface area contributed by atoms with Gasteiger partial charge in [-0.3, -0.25) is 14.5 Å². The number of carbonyl (C=O) groups is 2. The second-order valence-electron chi connectivity index (χ2n) is 7.49. The van der Waals surface area contributed by atoms with Gasteiger partial charge in [0.05, 0.1) is 31.1 Å². The summed E-state index contributed by atoms with van der Waals surface area (Å²) >= 11 is 0. The van der Waals surface area contributed by atoms with Crippen molar-refractivity contribution in [1.29, 1.82) is 0 Å². The van der Waals surface area contributed by atoms with Crippen LogP contribution in [0.5, 0.6) is 11.5 Å². The quantitative estimate of drug-likeness (QED) is 0.455. The Morgan fingerprint density at radius 1 is 1.00 bits per heavy atom. The zero-order chi connectivity index (χ0) is 23.8. The summed E-state index contributed by atoms with van der Waals surface area (Å²) in [5, 5.41) is 3.97. The Morgan fingerprint density at radius 2 is 1.64 bits per heavy atom. The molecule has 0 saturated carbocycles. The van der Waals surface area contributed by atoms with E-state index in [-0.39, 0.29) is 35.0 Å². The molecule has 1 atom stereocenters. The van der Waals surface area contributed by atoms with E-state index in [9.17, 15) is 18.0 Å². The van der Waals surface area contributed by atoms with Crippen LogP contribution >= 0.6 is 0 Å². The molecule has 0 spiro atoms. The van der Waals surface area contributed by atoms with Crippen LogP contribution in [0.3, 0.4) is 0 Å². The van der Waals surface area contributed by atoms with Crippen molar-refractivity contribution in [2.24, 2.45) is 0 Å². The Balaban J connectivity index is 1.72. The van der Waals surface area contributed by atoms with Crippen LogP contribution in [-0.4, -0.2) is 61.5 Å². The molecule has 11 heteroatoms. The highest BCUT2D eigenvalue weighted by molar-refractivity contribution is 7.90. The molecular weight excluding hydrogens is 450 g/mol. The molecular formula is C22H21N3O7S. The smallest absolute Gasteiger partial charge is 0.262 e. The van der Waals surface area contributed by atoms with Gasteiger partial charge >= 0.3 is 0 Å². The lowest BCUT2D eigenvalue weighted by atomic mass is 10.1. The molecule has 2 aromatic carbocycles. The van der Waals surface area contributed by atoms with Crippen LogP contribution in [0.2, 0.25) is 0 Å². The summed E-state index contributed by atoms with van der Waals surface area (Å²) in [4.78, 5) is 31.4. The lowest BCUT2D eigenvalue weighted by Crippen LogP contribution is -2.35. The van der Waals surface area contributed by atoms with E-state index in [1.807, 2.05) is 0 Å². The minimum Gasteiger partial charge on any atom is -0.493 e. The highest BCUT2D eigenvalue weighted by Crippen LogP contribution is 2.35. The summed E-state index contributed by atoms with van der Waals surface area (Å²) < 4.78 is 39.6. The summed E-state index contributed by atoms with van der Waals surface area (Å²) in [7, 11) is -0.386. The van der Waals surface area contributed by atoms with Gasteiger partial charge in [-0.25, -0.2) is 8.42 Å². The number of benzene rings is 2. The fourth-order valence-corrected chi connectivity index (χ4v) is 4.29. The number of sulfone groups is 1. The van der Waals surface area contributed by atoms with E-state index in [4.69, 9.17) is 14.0 Å². The maximum atomic E-state index is 13.0. The van der Waals surface area contributed by atoms with Gasteiger partial charge < -0.3 is 14.0 Å². The first-order valence-electron chi connectivity index (χ1n) is 9.94. The average Bonchev–Trinajstić information content (AvgIpc) is 3.38.